The average Bonchev–Trinajstić information content (AvgIpc) is 3.45. The summed E-state index contributed by atoms with van der Waals surface area (Å²) >= 11 is 0. The van der Waals surface area contributed by atoms with Crippen LogP contribution in [0.25, 0.3) is 5.65 Å². The Balaban J connectivity index is 1.42. The minimum Gasteiger partial charge on any atom is -0.468 e. The van der Waals surface area contributed by atoms with Crippen LogP contribution < -0.4 is 4.74 Å². The highest BCUT2D eigenvalue weighted by Gasteiger charge is 2.45. The summed E-state index contributed by atoms with van der Waals surface area (Å²) in [6, 6.07) is 8.09. The monoisotopic (exact) mass is 673 g/mol. The summed E-state index contributed by atoms with van der Waals surface area (Å²) < 4.78 is 89.2. The molecule has 47 heavy (non-hydrogen) atoms. The fraction of sp³-hybridized carbons (Fsp3) is 0.438. The number of aromatic nitrogens is 4. The lowest BCUT2D eigenvalue weighted by Crippen LogP contribution is -2.50. The van der Waals surface area contributed by atoms with E-state index in [4.69, 9.17) is 14.2 Å². The summed E-state index contributed by atoms with van der Waals surface area (Å²) in [6.07, 6.45) is 0.312. The van der Waals surface area contributed by atoms with Gasteiger partial charge in [-0.3, -0.25) is 9.20 Å². The highest BCUT2D eigenvalue weighted by atomic mass is 32.2. The second-order valence-electron chi connectivity index (χ2n) is 11.8. The fourth-order valence-electron chi connectivity index (χ4n) is 6.30. The molecule has 1 saturated heterocycles. The fourth-order valence-corrected chi connectivity index (χ4v) is 7.87. The maximum Gasteiger partial charge on any atom is 0.306 e. The second kappa shape index (κ2) is 12.8. The topological polar surface area (TPSA) is 125 Å². The van der Waals surface area contributed by atoms with Crippen LogP contribution in [0.2, 0.25) is 0 Å². The summed E-state index contributed by atoms with van der Waals surface area (Å²) in [5, 5.41) is 7.63. The van der Waals surface area contributed by atoms with Crippen LogP contribution in [0.3, 0.4) is 0 Å². The largest absolute Gasteiger partial charge is 0.468 e. The van der Waals surface area contributed by atoms with Crippen LogP contribution in [0.15, 0.2) is 47.6 Å². The Hall–Kier alpha value is -4.08. The molecule has 250 valence electrons. The van der Waals surface area contributed by atoms with Gasteiger partial charge < -0.3 is 14.2 Å². The van der Waals surface area contributed by atoms with Gasteiger partial charge >= 0.3 is 5.97 Å². The van der Waals surface area contributed by atoms with Crippen LogP contribution in [0.5, 0.6) is 5.88 Å². The van der Waals surface area contributed by atoms with Gasteiger partial charge in [-0.2, -0.15) is 4.31 Å². The van der Waals surface area contributed by atoms with E-state index in [-0.39, 0.29) is 42.5 Å². The highest BCUT2D eigenvalue weighted by molar-refractivity contribution is 7.89. The third-order valence-corrected chi connectivity index (χ3v) is 10.6. The smallest absolute Gasteiger partial charge is 0.306 e. The number of ether oxygens (including phenoxy) is 3. The SMILES string of the molecule is CCOC(=O)CC(c1ccc(C)c(CN2CC3(CCOCC3)Oc3ncc(F)cc3S2(=O)=O)c1)c1ccn2c(C(F)F)nnc2c1C. The molecule has 5 heterocycles. The van der Waals surface area contributed by atoms with Crippen molar-refractivity contribution in [3.63, 3.8) is 0 Å². The van der Waals surface area contributed by atoms with Gasteiger partial charge in [0.05, 0.1) is 39.0 Å². The zero-order valence-corrected chi connectivity index (χ0v) is 26.9. The van der Waals surface area contributed by atoms with E-state index in [1.807, 2.05) is 25.1 Å². The zero-order valence-electron chi connectivity index (χ0n) is 26.1. The zero-order chi connectivity index (χ0) is 33.5. The number of hydrogen-bond donors (Lipinski definition) is 0. The molecule has 1 aromatic carbocycles. The van der Waals surface area contributed by atoms with E-state index in [9.17, 15) is 26.4 Å². The third-order valence-electron chi connectivity index (χ3n) is 8.85. The van der Waals surface area contributed by atoms with Crippen LogP contribution in [0, 0.1) is 19.7 Å². The molecule has 3 aromatic heterocycles. The Labute approximate surface area is 269 Å². The number of esters is 1. The number of carbonyl (C=O) groups is 1. The van der Waals surface area contributed by atoms with Gasteiger partial charge in [0.2, 0.25) is 21.7 Å². The van der Waals surface area contributed by atoms with Crippen LogP contribution >= 0.6 is 0 Å². The summed E-state index contributed by atoms with van der Waals surface area (Å²) in [5.74, 6) is -2.50. The normalized spacial score (nSPS) is 18.1. The molecular formula is C32H34F3N5O6S. The Morgan fingerprint density at radius 3 is 2.62 bits per heavy atom. The van der Waals surface area contributed by atoms with E-state index >= 15 is 0 Å². The Morgan fingerprint density at radius 1 is 1.13 bits per heavy atom. The number of rotatable bonds is 8. The molecule has 1 spiro atoms. The van der Waals surface area contributed by atoms with Crippen molar-refractivity contribution in [3.05, 3.63) is 82.2 Å². The van der Waals surface area contributed by atoms with Crippen molar-refractivity contribution in [2.24, 2.45) is 0 Å². The summed E-state index contributed by atoms with van der Waals surface area (Å²) in [5.41, 5.74) is 2.63. The summed E-state index contributed by atoms with van der Waals surface area (Å²) in [6.45, 7) is 6.09. The minimum absolute atomic E-state index is 0.0122. The van der Waals surface area contributed by atoms with Gasteiger partial charge in [0.25, 0.3) is 6.43 Å². The van der Waals surface area contributed by atoms with Crippen LogP contribution in [-0.2, 0) is 30.8 Å². The first-order valence-electron chi connectivity index (χ1n) is 15.2. The first-order chi connectivity index (χ1) is 22.4. The van der Waals surface area contributed by atoms with Crippen LogP contribution in [-0.4, -0.2) is 70.2 Å². The van der Waals surface area contributed by atoms with Crippen LogP contribution in [0.4, 0.5) is 13.2 Å². The van der Waals surface area contributed by atoms with Crippen molar-refractivity contribution in [2.45, 2.75) is 69.4 Å². The second-order valence-corrected chi connectivity index (χ2v) is 13.7. The van der Waals surface area contributed by atoms with E-state index < -0.39 is 45.6 Å². The molecule has 0 bridgehead atoms. The third kappa shape index (κ3) is 6.31. The van der Waals surface area contributed by atoms with Crippen molar-refractivity contribution in [1.82, 2.24) is 23.9 Å². The first-order valence-corrected chi connectivity index (χ1v) is 16.7. The number of pyridine rings is 2. The molecule has 0 amide bonds. The van der Waals surface area contributed by atoms with E-state index in [0.717, 1.165) is 17.8 Å². The van der Waals surface area contributed by atoms with Gasteiger partial charge in [-0.05, 0) is 54.7 Å². The molecule has 6 rings (SSSR count). The molecule has 15 heteroatoms. The quantitative estimate of drug-likeness (QED) is 0.237. The van der Waals surface area contributed by atoms with E-state index in [1.54, 1.807) is 19.9 Å². The van der Waals surface area contributed by atoms with Crippen molar-refractivity contribution in [2.75, 3.05) is 26.4 Å². The molecule has 1 fully saturated rings. The average molecular weight is 674 g/mol. The van der Waals surface area contributed by atoms with Crippen molar-refractivity contribution in [3.8, 4) is 5.88 Å². The molecule has 2 aliphatic heterocycles. The van der Waals surface area contributed by atoms with Gasteiger partial charge in [-0.15, -0.1) is 10.2 Å². The van der Waals surface area contributed by atoms with Gasteiger partial charge in [0.1, 0.15) is 16.3 Å². The van der Waals surface area contributed by atoms with Gasteiger partial charge in [-0.25, -0.2) is 26.6 Å². The number of sulfonamides is 1. The molecule has 0 saturated carbocycles. The standard InChI is InChI=1S/C32H34F3N5O6S/c1-4-45-27(41)15-25(24-7-10-40-29(20(24)3)37-38-30(40)28(34)35)21-6-5-19(2)22(13-21)17-39-18-32(8-11-44-12-9-32)46-31-26(47(39,42)43)14-23(33)16-36-31/h5-7,10,13-14,16,25,28H,4,8-9,11-12,15,17-18H2,1-3H3. The molecule has 0 radical (unpaired) electrons. The predicted molar refractivity (Wildman–Crippen MR) is 162 cm³/mol. The number of aryl methyl sites for hydroxylation is 2. The molecule has 0 N–H and O–H groups in total. The number of nitrogens with zero attached hydrogens (tertiary/aromatic N) is 5. The van der Waals surface area contributed by atoms with Gasteiger partial charge in [-0.1, -0.05) is 18.2 Å². The number of alkyl halides is 2. The summed E-state index contributed by atoms with van der Waals surface area (Å²) in [7, 11) is -4.27. The first kappa shape index (κ1) is 32.8. The van der Waals surface area contributed by atoms with E-state index in [0.29, 0.717) is 48.3 Å². The summed E-state index contributed by atoms with van der Waals surface area (Å²) in [4.78, 5) is 16.5. The van der Waals surface area contributed by atoms with Gasteiger partial charge in [0.15, 0.2) is 5.65 Å². The molecule has 11 nitrogen and oxygen atoms in total. The lowest BCUT2D eigenvalue weighted by Gasteiger charge is -2.38. The Kier molecular flexibility index (Phi) is 8.98. The van der Waals surface area contributed by atoms with Gasteiger partial charge in [0, 0.05) is 37.6 Å². The lowest BCUT2D eigenvalue weighted by molar-refractivity contribution is -0.143. The predicted octanol–water partition coefficient (Wildman–Crippen LogP) is 5.04. The molecule has 4 aromatic rings. The number of halogens is 3. The Bertz CT molecular complexity index is 1930. The number of hydrogen-bond acceptors (Lipinski definition) is 9. The maximum atomic E-state index is 14.3. The van der Waals surface area contributed by atoms with E-state index in [1.165, 1.54) is 14.9 Å². The number of carbonyl (C=O) groups excluding carboxylic acids is 1. The maximum absolute atomic E-state index is 14.3. The molecular weight excluding hydrogens is 639 g/mol. The number of fused-ring (bicyclic) bond motifs is 2. The lowest BCUT2D eigenvalue weighted by atomic mass is 9.85. The van der Waals surface area contributed by atoms with Crippen molar-refractivity contribution in [1.29, 1.82) is 0 Å². The van der Waals surface area contributed by atoms with Crippen LogP contribution in [0.1, 0.15) is 72.2 Å². The number of benzene rings is 1. The molecule has 2 aliphatic rings. The van der Waals surface area contributed by atoms with E-state index in [2.05, 4.69) is 15.2 Å². The Morgan fingerprint density at radius 2 is 1.89 bits per heavy atom. The van der Waals surface area contributed by atoms with Crippen molar-refractivity contribution >= 4 is 21.6 Å². The molecule has 1 atom stereocenters. The molecule has 1 unspecified atom stereocenters. The minimum atomic E-state index is -4.27. The highest BCUT2D eigenvalue weighted by Crippen LogP contribution is 2.39. The van der Waals surface area contributed by atoms with Crippen molar-refractivity contribution < 1.29 is 40.6 Å². The molecule has 0 aliphatic carbocycles.